The number of ketones is 1. The minimum absolute atomic E-state index is 0.0492. The van der Waals surface area contributed by atoms with Gasteiger partial charge in [-0.25, -0.2) is 0 Å². The molecule has 0 unspecified atom stereocenters. The average Bonchev–Trinajstić information content (AvgIpc) is 2.68. The number of ether oxygens (including phenoxy) is 1. The number of rotatable bonds is 5. The van der Waals surface area contributed by atoms with E-state index in [2.05, 4.69) is 6.92 Å². The molecule has 0 radical (unpaired) electrons. The summed E-state index contributed by atoms with van der Waals surface area (Å²) < 4.78 is 5.18. The number of hydrogen-bond donors (Lipinski definition) is 0. The molecule has 0 saturated carbocycles. The zero-order chi connectivity index (χ0) is 8.27. The molecule has 1 fully saturated rings. The molecule has 0 amide bonds. The number of Topliss-reactive ketones (excluding diaryl/α,β-unsaturated/α-hetero) is 1. The van der Waals surface area contributed by atoms with Crippen LogP contribution in [0.4, 0.5) is 0 Å². The SMILES string of the molecule is CCCCC[C@H]1O[C@H]1C(C)=O. The standard InChI is InChI=1S/C9H16O2/c1-3-4-5-6-8-9(11-8)7(2)10/h8-9H,3-6H2,1-2H3/t8-,9+/m1/s1. The lowest BCUT2D eigenvalue weighted by Gasteiger charge is -1.92. The van der Waals surface area contributed by atoms with E-state index in [0.717, 1.165) is 6.42 Å². The summed E-state index contributed by atoms with van der Waals surface area (Å²) in [6.45, 7) is 3.78. The van der Waals surface area contributed by atoms with Crippen LogP contribution in [0.2, 0.25) is 0 Å². The second-order valence-corrected chi connectivity index (χ2v) is 3.20. The molecule has 11 heavy (non-hydrogen) atoms. The molecule has 0 bridgehead atoms. The van der Waals surface area contributed by atoms with E-state index in [4.69, 9.17) is 4.74 Å². The summed E-state index contributed by atoms with van der Waals surface area (Å²) in [7, 11) is 0. The van der Waals surface area contributed by atoms with Gasteiger partial charge in [-0.05, 0) is 13.3 Å². The highest BCUT2D eigenvalue weighted by atomic mass is 16.6. The van der Waals surface area contributed by atoms with Crippen molar-refractivity contribution < 1.29 is 9.53 Å². The van der Waals surface area contributed by atoms with Gasteiger partial charge in [0.15, 0.2) is 5.78 Å². The summed E-state index contributed by atoms with van der Waals surface area (Å²) in [6, 6.07) is 0. The van der Waals surface area contributed by atoms with Gasteiger partial charge in [-0.15, -0.1) is 0 Å². The van der Waals surface area contributed by atoms with Crippen LogP contribution in [0.3, 0.4) is 0 Å². The maximum absolute atomic E-state index is 10.7. The Labute approximate surface area is 67.9 Å². The highest BCUT2D eigenvalue weighted by Gasteiger charge is 2.41. The molecule has 0 aromatic rings. The summed E-state index contributed by atoms with van der Waals surface area (Å²) in [4.78, 5) is 10.7. The van der Waals surface area contributed by atoms with Gasteiger partial charge in [0.1, 0.15) is 6.10 Å². The van der Waals surface area contributed by atoms with Crippen molar-refractivity contribution in [2.75, 3.05) is 0 Å². The first kappa shape index (κ1) is 8.72. The van der Waals surface area contributed by atoms with Gasteiger partial charge < -0.3 is 4.74 Å². The van der Waals surface area contributed by atoms with Crippen LogP contribution >= 0.6 is 0 Å². The molecule has 1 saturated heterocycles. The molecule has 2 heteroatoms. The molecule has 0 aromatic heterocycles. The minimum atomic E-state index is -0.0492. The van der Waals surface area contributed by atoms with Crippen LogP contribution in [-0.4, -0.2) is 18.0 Å². The van der Waals surface area contributed by atoms with E-state index in [1.807, 2.05) is 0 Å². The minimum Gasteiger partial charge on any atom is -0.361 e. The average molecular weight is 156 g/mol. The van der Waals surface area contributed by atoms with Crippen molar-refractivity contribution in [1.82, 2.24) is 0 Å². The van der Waals surface area contributed by atoms with Crippen molar-refractivity contribution in [3.63, 3.8) is 0 Å². The van der Waals surface area contributed by atoms with Crippen molar-refractivity contribution in [3.8, 4) is 0 Å². The van der Waals surface area contributed by atoms with Gasteiger partial charge in [0.05, 0.1) is 6.10 Å². The number of unbranched alkanes of at least 4 members (excludes halogenated alkanes) is 2. The Morgan fingerprint density at radius 2 is 2.18 bits per heavy atom. The third-order valence-electron chi connectivity index (χ3n) is 2.08. The van der Waals surface area contributed by atoms with Crippen LogP contribution in [0.15, 0.2) is 0 Å². The van der Waals surface area contributed by atoms with E-state index in [0.29, 0.717) is 0 Å². The highest BCUT2D eigenvalue weighted by molar-refractivity contribution is 5.83. The van der Waals surface area contributed by atoms with Crippen LogP contribution in [0.1, 0.15) is 39.5 Å². The zero-order valence-corrected chi connectivity index (χ0v) is 7.30. The lowest BCUT2D eigenvalue weighted by atomic mass is 10.1. The molecule has 1 rings (SSSR count). The summed E-state index contributed by atoms with van der Waals surface area (Å²) >= 11 is 0. The molecule has 64 valence electrons. The molecule has 1 heterocycles. The van der Waals surface area contributed by atoms with Crippen LogP contribution in [0.5, 0.6) is 0 Å². The fraction of sp³-hybridized carbons (Fsp3) is 0.889. The van der Waals surface area contributed by atoms with Crippen LogP contribution in [0.25, 0.3) is 0 Å². The third-order valence-corrected chi connectivity index (χ3v) is 2.08. The Hall–Kier alpha value is -0.370. The topological polar surface area (TPSA) is 29.6 Å². The van der Waals surface area contributed by atoms with Crippen molar-refractivity contribution in [3.05, 3.63) is 0 Å². The maximum Gasteiger partial charge on any atom is 0.161 e. The Morgan fingerprint density at radius 1 is 1.45 bits per heavy atom. The van der Waals surface area contributed by atoms with E-state index in [-0.39, 0.29) is 18.0 Å². The number of hydrogen-bond acceptors (Lipinski definition) is 2. The quantitative estimate of drug-likeness (QED) is 0.449. The molecule has 0 aliphatic carbocycles. The van der Waals surface area contributed by atoms with Crippen molar-refractivity contribution in [1.29, 1.82) is 0 Å². The normalized spacial score (nSPS) is 28.5. The summed E-state index contributed by atoms with van der Waals surface area (Å²) in [5.41, 5.74) is 0. The van der Waals surface area contributed by atoms with E-state index in [9.17, 15) is 4.79 Å². The predicted octanol–water partition coefficient (Wildman–Crippen LogP) is 1.92. The smallest absolute Gasteiger partial charge is 0.161 e. The summed E-state index contributed by atoms with van der Waals surface area (Å²) in [5.74, 6) is 0.187. The fourth-order valence-corrected chi connectivity index (χ4v) is 1.32. The first-order chi connectivity index (χ1) is 5.25. The summed E-state index contributed by atoms with van der Waals surface area (Å²) in [6.07, 6.45) is 4.97. The molecule has 1 aliphatic heterocycles. The first-order valence-corrected chi connectivity index (χ1v) is 4.41. The lowest BCUT2D eigenvalue weighted by Crippen LogP contribution is -2.04. The Balaban J connectivity index is 2.00. The first-order valence-electron chi connectivity index (χ1n) is 4.41. The molecule has 1 aliphatic rings. The van der Waals surface area contributed by atoms with Gasteiger partial charge in [-0.3, -0.25) is 4.79 Å². The Bertz CT molecular complexity index is 142. The van der Waals surface area contributed by atoms with Gasteiger partial charge in [0, 0.05) is 0 Å². The predicted molar refractivity (Wildman–Crippen MR) is 43.5 cm³/mol. The summed E-state index contributed by atoms with van der Waals surface area (Å²) in [5, 5.41) is 0. The van der Waals surface area contributed by atoms with Crippen molar-refractivity contribution >= 4 is 5.78 Å². The molecule has 0 aromatic carbocycles. The zero-order valence-electron chi connectivity index (χ0n) is 7.30. The van der Waals surface area contributed by atoms with Crippen LogP contribution in [0, 0.1) is 0 Å². The molecule has 0 spiro atoms. The largest absolute Gasteiger partial charge is 0.361 e. The third kappa shape index (κ3) is 2.62. The van der Waals surface area contributed by atoms with Gasteiger partial charge in [-0.2, -0.15) is 0 Å². The van der Waals surface area contributed by atoms with Crippen molar-refractivity contribution in [2.45, 2.75) is 51.7 Å². The number of epoxide rings is 1. The van der Waals surface area contributed by atoms with Gasteiger partial charge in [0.25, 0.3) is 0 Å². The monoisotopic (exact) mass is 156 g/mol. The van der Waals surface area contributed by atoms with E-state index < -0.39 is 0 Å². The number of carbonyl (C=O) groups is 1. The van der Waals surface area contributed by atoms with E-state index in [1.54, 1.807) is 6.92 Å². The van der Waals surface area contributed by atoms with Crippen LogP contribution in [-0.2, 0) is 9.53 Å². The van der Waals surface area contributed by atoms with Gasteiger partial charge >= 0.3 is 0 Å². The highest BCUT2D eigenvalue weighted by Crippen LogP contribution is 2.27. The van der Waals surface area contributed by atoms with Gasteiger partial charge in [0.2, 0.25) is 0 Å². The molecule has 2 atom stereocenters. The Morgan fingerprint density at radius 3 is 2.64 bits per heavy atom. The fourth-order valence-electron chi connectivity index (χ4n) is 1.32. The molecular formula is C9H16O2. The van der Waals surface area contributed by atoms with Crippen LogP contribution < -0.4 is 0 Å². The number of carbonyl (C=O) groups excluding carboxylic acids is 1. The van der Waals surface area contributed by atoms with Gasteiger partial charge in [-0.1, -0.05) is 26.2 Å². The van der Waals surface area contributed by atoms with Crippen molar-refractivity contribution in [2.24, 2.45) is 0 Å². The van der Waals surface area contributed by atoms with E-state index >= 15 is 0 Å². The molecule has 2 nitrogen and oxygen atoms in total. The Kier molecular flexibility index (Phi) is 3.06. The molecular weight excluding hydrogens is 140 g/mol. The second kappa shape index (κ2) is 3.86. The van der Waals surface area contributed by atoms with E-state index in [1.165, 1.54) is 19.3 Å². The second-order valence-electron chi connectivity index (χ2n) is 3.20. The lowest BCUT2D eigenvalue weighted by molar-refractivity contribution is -0.118. The maximum atomic E-state index is 10.7. The molecule has 0 N–H and O–H groups in total.